The first kappa shape index (κ1) is 20.4. The molecule has 0 N–H and O–H groups in total. The molecule has 2 fully saturated rings. The summed E-state index contributed by atoms with van der Waals surface area (Å²) in [5, 5.41) is 0. The quantitative estimate of drug-likeness (QED) is 0.682. The number of carbonyl (C=O) groups is 2. The molecule has 158 valence electrons. The molecule has 30 heavy (non-hydrogen) atoms. The predicted octanol–water partition coefficient (Wildman–Crippen LogP) is 2.15. The van der Waals surface area contributed by atoms with Crippen LogP contribution in [0.4, 0.5) is 5.69 Å². The highest BCUT2D eigenvalue weighted by Crippen LogP contribution is 2.36. The molecule has 2 aliphatic rings. The number of carbonyl (C=O) groups excluding carboxylic acids is 2. The summed E-state index contributed by atoms with van der Waals surface area (Å²) in [5.41, 5.74) is 1.76. The van der Waals surface area contributed by atoms with Gasteiger partial charge in [0.15, 0.2) is 0 Å². The molecule has 0 radical (unpaired) electrons. The molecule has 2 saturated heterocycles. The first-order valence-electron chi connectivity index (χ1n) is 10.2. The highest BCUT2D eigenvalue weighted by atomic mass is 16.5. The highest BCUT2D eigenvalue weighted by Gasteiger charge is 2.44. The van der Waals surface area contributed by atoms with Gasteiger partial charge in [0.2, 0.25) is 5.91 Å². The second kappa shape index (κ2) is 8.85. The number of piperazine rings is 1. The molecule has 4 rings (SSSR count). The summed E-state index contributed by atoms with van der Waals surface area (Å²) < 4.78 is 10.6. The van der Waals surface area contributed by atoms with E-state index in [0.717, 1.165) is 32.7 Å². The number of methoxy groups -OCH3 is 2. The van der Waals surface area contributed by atoms with Gasteiger partial charge < -0.3 is 9.47 Å². The van der Waals surface area contributed by atoms with E-state index < -0.39 is 6.04 Å². The topological polar surface area (TPSA) is 62.3 Å². The van der Waals surface area contributed by atoms with Crippen molar-refractivity contribution in [2.75, 3.05) is 45.3 Å². The molecule has 7 heteroatoms. The molecule has 2 aromatic carbocycles. The Labute approximate surface area is 176 Å². The van der Waals surface area contributed by atoms with E-state index in [9.17, 15) is 9.59 Å². The summed E-state index contributed by atoms with van der Waals surface area (Å²) in [6.07, 6.45) is 0.201. The zero-order chi connectivity index (χ0) is 21.1. The number of hydrogen-bond donors (Lipinski definition) is 0. The lowest BCUT2D eigenvalue weighted by Gasteiger charge is -2.37. The zero-order valence-corrected chi connectivity index (χ0v) is 17.4. The Hall–Kier alpha value is -2.90. The normalized spacial score (nSPS) is 20.6. The predicted molar refractivity (Wildman–Crippen MR) is 114 cm³/mol. The molecular formula is C23H27N3O4. The van der Waals surface area contributed by atoms with E-state index in [1.807, 2.05) is 6.07 Å². The number of rotatable bonds is 6. The molecular weight excluding hydrogens is 382 g/mol. The van der Waals surface area contributed by atoms with Crippen molar-refractivity contribution in [2.24, 2.45) is 0 Å². The van der Waals surface area contributed by atoms with Crippen molar-refractivity contribution < 1.29 is 19.1 Å². The maximum Gasteiger partial charge on any atom is 0.251 e. The minimum absolute atomic E-state index is 0.181. The van der Waals surface area contributed by atoms with Crippen LogP contribution in [0.25, 0.3) is 0 Å². The van der Waals surface area contributed by atoms with Gasteiger partial charge in [0.1, 0.15) is 11.5 Å². The summed E-state index contributed by atoms with van der Waals surface area (Å²) in [6.45, 7) is 4.19. The Morgan fingerprint density at radius 3 is 2.33 bits per heavy atom. The van der Waals surface area contributed by atoms with Crippen molar-refractivity contribution in [2.45, 2.75) is 19.0 Å². The molecule has 0 spiro atoms. The molecule has 1 atom stereocenters. The number of amides is 2. The van der Waals surface area contributed by atoms with E-state index in [0.29, 0.717) is 17.2 Å². The SMILES string of the molecule is COc1ccc(N2C(=O)C[C@H](N3CCN(Cc4ccccc4)CC3)C2=O)c(OC)c1. The number of nitrogens with zero attached hydrogens (tertiary/aromatic N) is 3. The van der Waals surface area contributed by atoms with E-state index in [-0.39, 0.29) is 18.2 Å². The Morgan fingerprint density at radius 1 is 0.933 bits per heavy atom. The van der Waals surface area contributed by atoms with Crippen molar-refractivity contribution in [3.8, 4) is 11.5 Å². The Kier molecular flexibility index (Phi) is 6.01. The van der Waals surface area contributed by atoms with Gasteiger partial charge in [-0.25, -0.2) is 4.90 Å². The average molecular weight is 409 g/mol. The van der Waals surface area contributed by atoms with E-state index in [1.54, 1.807) is 25.3 Å². The van der Waals surface area contributed by atoms with Crippen molar-refractivity contribution in [1.29, 1.82) is 0 Å². The van der Waals surface area contributed by atoms with Gasteiger partial charge in [-0.2, -0.15) is 0 Å². The fourth-order valence-corrected chi connectivity index (χ4v) is 4.20. The smallest absolute Gasteiger partial charge is 0.251 e. The van der Waals surface area contributed by atoms with E-state index in [2.05, 4.69) is 34.1 Å². The van der Waals surface area contributed by atoms with Crippen LogP contribution in [0.2, 0.25) is 0 Å². The molecule has 2 aromatic rings. The van der Waals surface area contributed by atoms with Gasteiger partial charge in [0, 0.05) is 38.8 Å². The number of ether oxygens (including phenoxy) is 2. The van der Waals surface area contributed by atoms with Crippen LogP contribution in [0.3, 0.4) is 0 Å². The van der Waals surface area contributed by atoms with Crippen LogP contribution in [0.5, 0.6) is 11.5 Å². The van der Waals surface area contributed by atoms with Crippen LogP contribution >= 0.6 is 0 Å². The molecule has 0 aromatic heterocycles. The van der Waals surface area contributed by atoms with E-state index in [4.69, 9.17) is 9.47 Å². The maximum atomic E-state index is 13.2. The Morgan fingerprint density at radius 2 is 1.67 bits per heavy atom. The third-order valence-electron chi connectivity index (χ3n) is 5.85. The summed E-state index contributed by atoms with van der Waals surface area (Å²) in [7, 11) is 3.08. The van der Waals surface area contributed by atoms with Gasteiger partial charge in [0.25, 0.3) is 5.91 Å². The number of anilines is 1. The monoisotopic (exact) mass is 409 g/mol. The molecule has 2 aliphatic heterocycles. The fraction of sp³-hybridized carbons (Fsp3) is 0.391. The van der Waals surface area contributed by atoms with E-state index >= 15 is 0 Å². The largest absolute Gasteiger partial charge is 0.497 e. The van der Waals surface area contributed by atoms with Crippen molar-refractivity contribution in [3.63, 3.8) is 0 Å². The standard InChI is InChI=1S/C23H27N3O4/c1-29-18-8-9-19(21(14-18)30-2)26-22(27)15-20(23(26)28)25-12-10-24(11-13-25)16-17-6-4-3-5-7-17/h3-9,14,20H,10-13,15-16H2,1-2H3/t20-/m0/s1. The molecule has 7 nitrogen and oxygen atoms in total. The summed E-state index contributed by atoms with van der Waals surface area (Å²) in [4.78, 5) is 31.7. The van der Waals surface area contributed by atoms with Crippen molar-refractivity contribution in [3.05, 3.63) is 54.1 Å². The van der Waals surface area contributed by atoms with Gasteiger partial charge in [-0.05, 0) is 17.7 Å². The van der Waals surface area contributed by atoms with Gasteiger partial charge in [-0.3, -0.25) is 19.4 Å². The summed E-state index contributed by atoms with van der Waals surface area (Å²) in [5.74, 6) is 0.685. The van der Waals surface area contributed by atoms with Crippen LogP contribution in [0.1, 0.15) is 12.0 Å². The van der Waals surface area contributed by atoms with Crippen LogP contribution < -0.4 is 14.4 Å². The van der Waals surface area contributed by atoms with Crippen LogP contribution in [-0.2, 0) is 16.1 Å². The second-order valence-electron chi connectivity index (χ2n) is 7.62. The number of imide groups is 1. The first-order valence-corrected chi connectivity index (χ1v) is 10.2. The van der Waals surface area contributed by atoms with Gasteiger partial charge in [-0.15, -0.1) is 0 Å². The van der Waals surface area contributed by atoms with Gasteiger partial charge in [-0.1, -0.05) is 30.3 Å². The molecule has 0 aliphatic carbocycles. The summed E-state index contributed by atoms with van der Waals surface area (Å²) >= 11 is 0. The van der Waals surface area contributed by atoms with Crippen LogP contribution in [0, 0.1) is 0 Å². The van der Waals surface area contributed by atoms with Crippen molar-refractivity contribution in [1.82, 2.24) is 9.80 Å². The molecule has 0 bridgehead atoms. The van der Waals surface area contributed by atoms with Crippen LogP contribution in [0.15, 0.2) is 48.5 Å². The van der Waals surface area contributed by atoms with Crippen LogP contribution in [-0.4, -0.2) is 68.1 Å². The molecule has 2 heterocycles. The second-order valence-corrected chi connectivity index (χ2v) is 7.62. The average Bonchev–Trinajstić information content (AvgIpc) is 3.08. The maximum absolute atomic E-state index is 13.2. The lowest BCUT2D eigenvalue weighted by molar-refractivity contribution is -0.123. The van der Waals surface area contributed by atoms with Gasteiger partial charge in [0.05, 0.1) is 32.4 Å². The fourth-order valence-electron chi connectivity index (χ4n) is 4.20. The van der Waals surface area contributed by atoms with Crippen molar-refractivity contribution >= 4 is 17.5 Å². The Bertz CT molecular complexity index is 910. The number of benzene rings is 2. The number of hydrogen-bond acceptors (Lipinski definition) is 6. The summed E-state index contributed by atoms with van der Waals surface area (Å²) in [6, 6.07) is 15.1. The zero-order valence-electron chi connectivity index (χ0n) is 17.4. The third-order valence-corrected chi connectivity index (χ3v) is 5.85. The molecule has 0 saturated carbocycles. The lowest BCUT2D eigenvalue weighted by Crippen LogP contribution is -2.52. The Balaban J connectivity index is 1.42. The molecule has 2 amide bonds. The highest BCUT2D eigenvalue weighted by molar-refractivity contribution is 6.23. The lowest BCUT2D eigenvalue weighted by atomic mass is 10.1. The minimum Gasteiger partial charge on any atom is -0.497 e. The van der Waals surface area contributed by atoms with Gasteiger partial charge >= 0.3 is 0 Å². The molecule has 0 unspecified atom stereocenters. The first-order chi connectivity index (χ1) is 14.6. The third kappa shape index (κ3) is 4.04. The minimum atomic E-state index is -0.414. The van der Waals surface area contributed by atoms with E-state index in [1.165, 1.54) is 17.6 Å².